The molecule has 0 bridgehead atoms. The Morgan fingerprint density at radius 2 is 2.10 bits per heavy atom. The smallest absolute Gasteiger partial charge is 0.394 e. The molecule has 0 unspecified atom stereocenters. The number of rotatable bonds is 2. The van der Waals surface area contributed by atoms with Crippen LogP contribution in [-0.4, -0.2) is 23.8 Å². The van der Waals surface area contributed by atoms with Crippen LogP contribution in [0, 0.1) is 11.7 Å². The summed E-state index contributed by atoms with van der Waals surface area (Å²) in [7, 11) is 0. The highest BCUT2D eigenvalue weighted by molar-refractivity contribution is 9.10. The van der Waals surface area contributed by atoms with Crippen molar-refractivity contribution in [3.63, 3.8) is 0 Å². The zero-order valence-electron chi connectivity index (χ0n) is 9.97. The van der Waals surface area contributed by atoms with Crippen LogP contribution < -0.4 is 5.32 Å². The van der Waals surface area contributed by atoms with Gasteiger partial charge in [-0.2, -0.15) is 13.2 Å². The van der Waals surface area contributed by atoms with Gasteiger partial charge in [-0.1, -0.05) is 15.9 Å². The van der Waals surface area contributed by atoms with Crippen molar-refractivity contribution in [3.8, 4) is 0 Å². The van der Waals surface area contributed by atoms with Crippen LogP contribution in [0.15, 0.2) is 22.7 Å². The third-order valence-electron chi connectivity index (χ3n) is 3.40. The first-order valence-corrected chi connectivity index (χ1v) is 6.44. The fourth-order valence-corrected chi connectivity index (χ4v) is 2.83. The van der Waals surface area contributed by atoms with Gasteiger partial charge in [-0.15, -0.1) is 0 Å². The molecule has 1 amide bonds. The average molecular weight is 356 g/mol. The van der Waals surface area contributed by atoms with Crippen LogP contribution in [0.2, 0.25) is 0 Å². The molecule has 1 aliphatic rings. The number of aliphatic hydroxyl groups is 1. The number of benzene rings is 1. The van der Waals surface area contributed by atoms with E-state index in [1.54, 1.807) is 0 Å². The van der Waals surface area contributed by atoms with Crippen LogP contribution in [0.4, 0.5) is 17.6 Å². The second-order valence-corrected chi connectivity index (χ2v) is 5.52. The van der Waals surface area contributed by atoms with E-state index < -0.39 is 42.4 Å². The van der Waals surface area contributed by atoms with Crippen molar-refractivity contribution in [1.82, 2.24) is 5.32 Å². The summed E-state index contributed by atoms with van der Waals surface area (Å²) in [5.41, 5.74) is -2.58. The van der Waals surface area contributed by atoms with E-state index in [4.69, 9.17) is 0 Å². The summed E-state index contributed by atoms with van der Waals surface area (Å²) in [6.07, 6.45) is -5.58. The minimum absolute atomic E-state index is 0.351. The van der Waals surface area contributed by atoms with Gasteiger partial charge in [0.15, 0.2) is 0 Å². The lowest BCUT2D eigenvalue weighted by atomic mass is 9.79. The zero-order valence-corrected chi connectivity index (χ0v) is 11.6. The fraction of sp³-hybridized carbons (Fsp3) is 0.417. The second kappa shape index (κ2) is 5.00. The molecule has 0 saturated carbocycles. The Morgan fingerprint density at radius 1 is 1.45 bits per heavy atom. The molecule has 2 rings (SSSR count). The number of carbonyl (C=O) groups is 1. The van der Waals surface area contributed by atoms with Gasteiger partial charge in [-0.25, -0.2) is 4.39 Å². The number of aliphatic hydroxyl groups excluding tert-OH is 1. The Kier molecular flexibility index (Phi) is 3.81. The maximum Gasteiger partial charge on any atom is 0.394 e. The number of hydrogen-bond acceptors (Lipinski definition) is 2. The Labute approximate surface area is 120 Å². The van der Waals surface area contributed by atoms with Crippen molar-refractivity contribution in [2.24, 2.45) is 5.92 Å². The van der Waals surface area contributed by atoms with Gasteiger partial charge < -0.3 is 10.4 Å². The molecule has 1 aromatic rings. The van der Waals surface area contributed by atoms with Gasteiger partial charge in [-0.05, 0) is 18.2 Å². The molecular weight excluding hydrogens is 346 g/mol. The van der Waals surface area contributed by atoms with Crippen molar-refractivity contribution in [2.45, 2.75) is 18.1 Å². The number of alkyl halides is 3. The van der Waals surface area contributed by atoms with E-state index in [1.165, 1.54) is 6.07 Å². The summed E-state index contributed by atoms with van der Waals surface area (Å²) in [6.45, 7) is -1.05. The zero-order chi connectivity index (χ0) is 15.1. The molecule has 1 heterocycles. The Morgan fingerprint density at radius 3 is 2.65 bits per heavy atom. The molecule has 110 valence electrons. The highest BCUT2D eigenvalue weighted by Crippen LogP contribution is 2.47. The molecule has 0 radical (unpaired) electrons. The summed E-state index contributed by atoms with van der Waals surface area (Å²) < 4.78 is 53.5. The maximum absolute atomic E-state index is 13.9. The predicted octanol–water partition coefficient (Wildman–Crippen LogP) is 2.47. The normalized spacial score (nSPS) is 26.7. The Bertz CT molecular complexity index is 549. The van der Waals surface area contributed by atoms with E-state index in [9.17, 15) is 27.5 Å². The molecule has 2 atom stereocenters. The van der Waals surface area contributed by atoms with Crippen LogP contribution >= 0.6 is 15.9 Å². The van der Waals surface area contributed by atoms with Gasteiger partial charge in [-0.3, -0.25) is 4.79 Å². The summed E-state index contributed by atoms with van der Waals surface area (Å²) in [5, 5.41) is 11.5. The molecule has 0 aromatic heterocycles. The number of carbonyl (C=O) groups excluding carboxylic acids is 1. The summed E-state index contributed by atoms with van der Waals surface area (Å²) >= 11 is 3.04. The van der Waals surface area contributed by atoms with Crippen LogP contribution in [0.3, 0.4) is 0 Å². The van der Waals surface area contributed by atoms with Gasteiger partial charge in [0.25, 0.3) is 0 Å². The maximum atomic E-state index is 13.9. The molecule has 1 aromatic carbocycles. The average Bonchev–Trinajstić information content (AvgIpc) is 2.70. The van der Waals surface area contributed by atoms with E-state index in [0.29, 0.717) is 4.47 Å². The molecule has 1 aliphatic heterocycles. The Balaban J connectivity index is 2.62. The van der Waals surface area contributed by atoms with Gasteiger partial charge in [0.1, 0.15) is 11.4 Å². The van der Waals surface area contributed by atoms with Crippen molar-refractivity contribution >= 4 is 21.8 Å². The molecule has 20 heavy (non-hydrogen) atoms. The minimum Gasteiger partial charge on any atom is -0.394 e. The number of nitrogens with one attached hydrogen (secondary N) is 1. The predicted molar refractivity (Wildman–Crippen MR) is 65.2 cm³/mol. The topological polar surface area (TPSA) is 49.3 Å². The SMILES string of the molecule is O=C1C[C@@H](C(F)(F)F)[C@@](CO)(c2cc(Br)ccc2F)N1. The van der Waals surface area contributed by atoms with Gasteiger partial charge >= 0.3 is 6.18 Å². The standard InChI is InChI=1S/C12H10BrF4NO2/c13-6-1-2-8(14)7(3-6)11(5-19)9(12(15,16)17)4-10(20)18-11/h1-3,9,19H,4-5H2,(H,18,20)/t9-,11-/m1/s1. The largest absolute Gasteiger partial charge is 0.394 e. The first-order valence-electron chi connectivity index (χ1n) is 5.65. The molecule has 0 aliphatic carbocycles. The van der Waals surface area contributed by atoms with E-state index in [-0.39, 0.29) is 5.56 Å². The molecule has 3 nitrogen and oxygen atoms in total. The fourth-order valence-electron chi connectivity index (χ4n) is 2.47. The monoisotopic (exact) mass is 355 g/mol. The highest BCUT2D eigenvalue weighted by atomic mass is 79.9. The molecule has 1 saturated heterocycles. The molecule has 0 spiro atoms. The lowest BCUT2D eigenvalue weighted by Crippen LogP contribution is -2.51. The number of amides is 1. The lowest BCUT2D eigenvalue weighted by Gasteiger charge is -2.35. The number of halogens is 5. The third kappa shape index (κ3) is 2.42. The van der Waals surface area contributed by atoms with E-state index >= 15 is 0 Å². The van der Waals surface area contributed by atoms with Crippen molar-refractivity contribution in [2.75, 3.05) is 6.61 Å². The lowest BCUT2D eigenvalue weighted by molar-refractivity contribution is -0.194. The van der Waals surface area contributed by atoms with Crippen molar-refractivity contribution in [3.05, 3.63) is 34.1 Å². The summed E-state index contributed by atoms with van der Waals surface area (Å²) in [5.74, 6) is -3.98. The van der Waals surface area contributed by atoms with Crippen LogP contribution in [0.1, 0.15) is 12.0 Å². The van der Waals surface area contributed by atoms with Crippen LogP contribution in [0.5, 0.6) is 0 Å². The van der Waals surface area contributed by atoms with E-state index in [0.717, 1.165) is 12.1 Å². The summed E-state index contributed by atoms with van der Waals surface area (Å²) in [4.78, 5) is 11.4. The third-order valence-corrected chi connectivity index (χ3v) is 3.89. The van der Waals surface area contributed by atoms with Gasteiger partial charge in [0.2, 0.25) is 5.91 Å². The van der Waals surface area contributed by atoms with Crippen molar-refractivity contribution in [1.29, 1.82) is 0 Å². The molecule has 2 N–H and O–H groups in total. The van der Waals surface area contributed by atoms with E-state index in [1.807, 2.05) is 0 Å². The van der Waals surface area contributed by atoms with Crippen LogP contribution in [0.25, 0.3) is 0 Å². The molecular formula is C12H10BrF4NO2. The van der Waals surface area contributed by atoms with Gasteiger partial charge in [0.05, 0.1) is 12.5 Å². The quantitative estimate of drug-likeness (QED) is 0.800. The number of hydrogen-bond donors (Lipinski definition) is 2. The second-order valence-electron chi connectivity index (χ2n) is 4.60. The van der Waals surface area contributed by atoms with Crippen molar-refractivity contribution < 1.29 is 27.5 Å². The van der Waals surface area contributed by atoms with E-state index in [2.05, 4.69) is 21.2 Å². The molecule has 8 heteroatoms. The first-order chi connectivity index (χ1) is 9.20. The minimum atomic E-state index is -4.74. The highest BCUT2D eigenvalue weighted by Gasteiger charge is 2.60. The first kappa shape index (κ1) is 15.2. The molecule has 1 fully saturated rings. The Hall–Kier alpha value is -1.15. The van der Waals surface area contributed by atoms with Crippen LogP contribution in [-0.2, 0) is 10.3 Å². The summed E-state index contributed by atoms with van der Waals surface area (Å²) in [6, 6.07) is 3.44. The van der Waals surface area contributed by atoms with Gasteiger partial charge in [0, 0.05) is 16.5 Å².